The predicted octanol–water partition coefficient (Wildman–Crippen LogP) is 3.11. The second-order valence-electron chi connectivity index (χ2n) is 4.92. The molecule has 0 amide bonds. The smallest absolute Gasteiger partial charge is 0.170 e. The van der Waals surface area contributed by atoms with Crippen molar-refractivity contribution >= 4 is 11.8 Å². The first-order valence-electron chi connectivity index (χ1n) is 6.23. The molecule has 0 saturated heterocycles. The van der Waals surface area contributed by atoms with Crippen LogP contribution in [0.15, 0.2) is 18.3 Å². The van der Waals surface area contributed by atoms with Gasteiger partial charge in [0.2, 0.25) is 0 Å². The van der Waals surface area contributed by atoms with Crippen molar-refractivity contribution < 1.29 is 4.79 Å². The fourth-order valence-electron chi connectivity index (χ4n) is 2.80. The van der Waals surface area contributed by atoms with Gasteiger partial charge >= 0.3 is 0 Å². The third kappa shape index (κ3) is 1.66. The molecule has 2 aromatic rings. The van der Waals surface area contributed by atoms with Crippen LogP contribution < -0.4 is 0 Å². The number of hydrogen-bond donors (Lipinski definition) is 0. The number of fused-ring (bicyclic) bond motifs is 1. The summed E-state index contributed by atoms with van der Waals surface area (Å²) in [6, 6.07) is 4.02. The zero-order chi connectivity index (χ0) is 11.8. The minimum absolute atomic E-state index is 0.526. The number of hydrogen-bond acceptors (Lipinski definition) is 2. The second kappa shape index (κ2) is 3.99. The number of pyridine rings is 1. The van der Waals surface area contributed by atoms with Crippen molar-refractivity contribution in [2.75, 3.05) is 0 Å². The summed E-state index contributed by atoms with van der Waals surface area (Å²) in [5.41, 5.74) is 2.71. The van der Waals surface area contributed by atoms with E-state index < -0.39 is 0 Å². The van der Waals surface area contributed by atoms with Gasteiger partial charge in [-0.25, -0.2) is 4.98 Å². The molecule has 1 aliphatic carbocycles. The molecule has 0 spiro atoms. The molecule has 88 valence electrons. The van der Waals surface area contributed by atoms with Crippen LogP contribution in [0.4, 0.5) is 0 Å². The summed E-state index contributed by atoms with van der Waals surface area (Å²) in [4.78, 5) is 15.6. The van der Waals surface area contributed by atoms with Crippen LogP contribution in [0.5, 0.6) is 0 Å². The van der Waals surface area contributed by atoms with E-state index in [9.17, 15) is 4.79 Å². The lowest BCUT2D eigenvalue weighted by molar-refractivity contribution is 0.112. The van der Waals surface area contributed by atoms with Crippen LogP contribution in [0.1, 0.15) is 53.5 Å². The highest BCUT2D eigenvalue weighted by atomic mass is 16.1. The van der Waals surface area contributed by atoms with Gasteiger partial charge in [0.25, 0.3) is 0 Å². The van der Waals surface area contributed by atoms with Gasteiger partial charge in [-0.2, -0.15) is 0 Å². The number of carbonyl (C=O) groups excluding carboxylic acids is 1. The Labute approximate surface area is 100 Å². The number of carbonyl (C=O) groups is 1. The lowest BCUT2D eigenvalue weighted by Crippen LogP contribution is -2.00. The first-order valence-corrected chi connectivity index (χ1v) is 6.23. The number of nitrogens with zero attached hydrogens (tertiary/aromatic N) is 2. The Kier molecular flexibility index (Phi) is 2.46. The molecule has 0 radical (unpaired) electrons. The van der Waals surface area contributed by atoms with Crippen LogP contribution in [0.25, 0.3) is 5.52 Å². The van der Waals surface area contributed by atoms with Crippen molar-refractivity contribution in [1.29, 1.82) is 0 Å². The van der Waals surface area contributed by atoms with Crippen LogP contribution in [-0.2, 0) is 0 Å². The van der Waals surface area contributed by atoms with E-state index in [1.807, 2.05) is 12.1 Å². The Morgan fingerprint density at radius 1 is 1.35 bits per heavy atom. The van der Waals surface area contributed by atoms with Gasteiger partial charge in [-0.05, 0) is 31.4 Å². The highest BCUT2D eigenvalue weighted by Crippen LogP contribution is 2.34. The van der Waals surface area contributed by atoms with Crippen LogP contribution in [0.3, 0.4) is 0 Å². The topological polar surface area (TPSA) is 34.4 Å². The number of rotatable bonds is 2. The van der Waals surface area contributed by atoms with E-state index in [0.717, 1.165) is 17.6 Å². The Hall–Kier alpha value is -1.64. The van der Waals surface area contributed by atoms with Crippen LogP contribution in [-0.4, -0.2) is 15.7 Å². The van der Waals surface area contributed by atoms with E-state index in [2.05, 4.69) is 22.5 Å². The zero-order valence-corrected chi connectivity index (χ0v) is 10.0. The molecule has 2 aromatic heterocycles. The van der Waals surface area contributed by atoms with Crippen molar-refractivity contribution in [3.8, 4) is 0 Å². The van der Waals surface area contributed by atoms with Gasteiger partial charge in [-0.3, -0.25) is 4.79 Å². The van der Waals surface area contributed by atoms with Gasteiger partial charge < -0.3 is 4.40 Å². The predicted molar refractivity (Wildman–Crippen MR) is 66.5 cm³/mol. The van der Waals surface area contributed by atoms with Crippen molar-refractivity contribution in [2.24, 2.45) is 0 Å². The van der Waals surface area contributed by atoms with Gasteiger partial charge in [-0.15, -0.1) is 0 Å². The molecular formula is C14H16N2O. The number of aldehydes is 1. The summed E-state index contributed by atoms with van der Waals surface area (Å²) in [6.07, 6.45) is 7.91. The van der Waals surface area contributed by atoms with Gasteiger partial charge in [0.15, 0.2) is 6.29 Å². The Balaban J connectivity index is 2.22. The molecule has 1 aliphatic rings. The number of aromatic nitrogens is 2. The minimum atomic E-state index is 0.526. The number of imidazole rings is 1. The standard InChI is InChI=1S/C14H16N2O/c1-10-6-7-13-12(9-17)15-14(16(13)8-10)11-4-2-3-5-11/h6-9,11H,2-5H2,1H3. The molecule has 0 aliphatic heterocycles. The number of aryl methyl sites for hydroxylation is 1. The molecule has 1 saturated carbocycles. The third-order valence-electron chi connectivity index (χ3n) is 3.67. The lowest BCUT2D eigenvalue weighted by atomic mass is 10.1. The highest BCUT2D eigenvalue weighted by Gasteiger charge is 2.23. The largest absolute Gasteiger partial charge is 0.302 e. The maximum absolute atomic E-state index is 11.1. The first kappa shape index (κ1) is 10.5. The molecule has 0 atom stereocenters. The van der Waals surface area contributed by atoms with Crippen molar-refractivity contribution in [3.63, 3.8) is 0 Å². The fourth-order valence-corrected chi connectivity index (χ4v) is 2.80. The third-order valence-corrected chi connectivity index (χ3v) is 3.67. The summed E-state index contributed by atoms with van der Waals surface area (Å²) in [5, 5.41) is 0. The average molecular weight is 228 g/mol. The normalized spacial score (nSPS) is 16.8. The maximum atomic E-state index is 11.1. The minimum Gasteiger partial charge on any atom is -0.302 e. The molecule has 3 nitrogen and oxygen atoms in total. The van der Waals surface area contributed by atoms with Crippen LogP contribution in [0, 0.1) is 6.92 Å². The highest BCUT2D eigenvalue weighted by molar-refractivity contribution is 5.83. The average Bonchev–Trinajstić information content (AvgIpc) is 2.94. The van der Waals surface area contributed by atoms with E-state index in [1.165, 1.54) is 31.2 Å². The van der Waals surface area contributed by atoms with Gasteiger partial charge in [-0.1, -0.05) is 18.9 Å². The SMILES string of the molecule is Cc1ccc2c(C=O)nc(C3CCCC3)n2c1. The van der Waals surface area contributed by atoms with Crippen molar-refractivity contribution in [2.45, 2.75) is 38.5 Å². The molecule has 3 heteroatoms. The second-order valence-corrected chi connectivity index (χ2v) is 4.92. The Bertz CT molecular complexity index is 565. The quantitative estimate of drug-likeness (QED) is 0.740. The molecular weight excluding hydrogens is 212 g/mol. The van der Waals surface area contributed by atoms with Crippen molar-refractivity contribution in [1.82, 2.24) is 9.38 Å². The van der Waals surface area contributed by atoms with E-state index in [4.69, 9.17) is 0 Å². The molecule has 0 N–H and O–H groups in total. The lowest BCUT2D eigenvalue weighted by Gasteiger charge is -2.08. The Morgan fingerprint density at radius 2 is 2.12 bits per heavy atom. The summed E-state index contributed by atoms with van der Waals surface area (Å²) < 4.78 is 2.11. The molecule has 0 aromatic carbocycles. The zero-order valence-electron chi connectivity index (χ0n) is 10.0. The first-order chi connectivity index (χ1) is 8.29. The summed E-state index contributed by atoms with van der Waals surface area (Å²) in [5.74, 6) is 1.60. The van der Waals surface area contributed by atoms with Gasteiger partial charge in [0.05, 0.1) is 5.52 Å². The fraction of sp³-hybridized carbons (Fsp3) is 0.429. The summed E-state index contributed by atoms with van der Waals surface area (Å²) in [6.45, 7) is 2.07. The van der Waals surface area contributed by atoms with Crippen molar-refractivity contribution in [3.05, 3.63) is 35.4 Å². The molecule has 17 heavy (non-hydrogen) atoms. The van der Waals surface area contributed by atoms with E-state index in [1.54, 1.807) is 0 Å². The van der Waals surface area contributed by atoms with E-state index >= 15 is 0 Å². The van der Waals surface area contributed by atoms with E-state index in [-0.39, 0.29) is 0 Å². The molecule has 2 heterocycles. The molecule has 0 unspecified atom stereocenters. The summed E-state index contributed by atoms with van der Waals surface area (Å²) in [7, 11) is 0. The van der Waals surface area contributed by atoms with Gasteiger partial charge in [0.1, 0.15) is 11.5 Å². The maximum Gasteiger partial charge on any atom is 0.170 e. The molecule has 3 rings (SSSR count). The van der Waals surface area contributed by atoms with Gasteiger partial charge in [0, 0.05) is 12.1 Å². The van der Waals surface area contributed by atoms with Crippen LogP contribution >= 0.6 is 0 Å². The molecule has 0 bridgehead atoms. The summed E-state index contributed by atoms with van der Waals surface area (Å²) >= 11 is 0. The Morgan fingerprint density at radius 3 is 2.82 bits per heavy atom. The monoisotopic (exact) mass is 228 g/mol. The molecule has 1 fully saturated rings. The van der Waals surface area contributed by atoms with E-state index in [0.29, 0.717) is 11.6 Å². The van der Waals surface area contributed by atoms with Crippen LogP contribution in [0.2, 0.25) is 0 Å².